The molecule has 2 heterocycles. The molecule has 0 aliphatic rings. The minimum atomic E-state index is -0.0768. The van der Waals surface area contributed by atoms with E-state index >= 15 is 0 Å². The number of amides is 1. The summed E-state index contributed by atoms with van der Waals surface area (Å²) in [4.78, 5) is 28.4. The highest BCUT2D eigenvalue weighted by molar-refractivity contribution is 7.09. The van der Waals surface area contributed by atoms with Crippen LogP contribution in [-0.2, 0) is 25.3 Å². The fraction of sp³-hybridized carbons (Fsp3) is 0.353. The third kappa shape index (κ3) is 3.26. The highest BCUT2D eigenvalue weighted by Crippen LogP contribution is 2.18. The average Bonchev–Trinajstić information content (AvgIpc) is 3.05. The maximum atomic E-state index is 12.1. The summed E-state index contributed by atoms with van der Waals surface area (Å²) in [5.41, 5.74) is 3.33. The molecule has 0 bridgehead atoms. The van der Waals surface area contributed by atoms with Gasteiger partial charge >= 0.3 is 5.69 Å². The van der Waals surface area contributed by atoms with E-state index in [1.165, 1.54) is 0 Å². The molecule has 1 aromatic carbocycles. The van der Waals surface area contributed by atoms with Gasteiger partial charge in [-0.3, -0.25) is 13.9 Å². The predicted octanol–water partition coefficient (Wildman–Crippen LogP) is 2.60. The van der Waals surface area contributed by atoms with Crippen LogP contribution in [0.2, 0.25) is 0 Å². The number of hydrogen-bond donors (Lipinski definition) is 1. The standard InChI is InChI=1S/C17H20N4O2S/c1-11-18-13(10-24-11)5-4-6-16(22)19-12-7-8-14-15(9-12)21(3)17(23)20(14)2/h7-10H,4-6H2,1-3H3,(H,19,22). The zero-order chi connectivity index (χ0) is 17.3. The lowest BCUT2D eigenvalue weighted by Crippen LogP contribution is -2.19. The van der Waals surface area contributed by atoms with Crippen molar-refractivity contribution in [1.82, 2.24) is 14.1 Å². The number of carbonyl (C=O) groups is 1. The van der Waals surface area contributed by atoms with E-state index in [4.69, 9.17) is 0 Å². The van der Waals surface area contributed by atoms with E-state index < -0.39 is 0 Å². The first-order valence-electron chi connectivity index (χ1n) is 7.82. The molecule has 3 rings (SSSR count). The monoisotopic (exact) mass is 344 g/mol. The lowest BCUT2D eigenvalue weighted by Gasteiger charge is -2.06. The van der Waals surface area contributed by atoms with E-state index in [0.717, 1.165) is 34.6 Å². The van der Waals surface area contributed by atoms with Gasteiger partial charge in [0.2, 0.25) is 5.91 Å². The van der Waals surface area contributed by atoms with Crippen LogP contribution in [0, 0.1) is 6.92 Å². The Balaban J connectivity index is 1.63. The Hall–Kier alpha value is -2.41. The van der Waals surface area contributed by atoms with E-state index in [9.17, 15) is 9.59 Å². The maximum Gasteiger partial charge on any atom is 0.328 e. The van der Waals surface area contributed by atoms with Gasteiger partial charge < -0.3 is 5.32 Å². The molecule has 0 spiro atoms. The van der Waals surface area contributed by atoms with Crippen LogP contribution in [0.3, 0.4) is 0 Å². The van der Waals surface area contributed by atoms with Crippen LogP contribution >= 0.6 is 11.3 Å². The van der Waals surface area contributed by atoms with Gasteiger partial charge in [-0.25, -0.2) is 9.78 Å². The van der Waals surface area contributed by atoms with Crippen molar-refractivity contribution in [3.63, 3.8) is 0 Å². The predicted molar refractivity (Wildman–Crippen MR) is 96.6 cm³/mol. The molecule has 0 radical (unpaired) electrons. The van der Waals surface area contributed by atoms with Gasteiger partial charge in [-0.2, -0.15) is 0 Å². The smallest absolute Gasteiger partial charge is 0.326 e. The highest BCUT2D eigenvalue weighted by Gasteiger charge is 2.10. The summed E-state index contributed by atoms with van der Waals surface area (Å²) in [5.74, 6) is -0.0257. The molecule has 126 valence electrons. The van der Waals surface area contributed by atoms with Crippen molar-refractivity contribution >= 4 is 34.0 Å². The zero-order valence-corrected chi connectivity index (χ0v) is 14.8. The summed E-state index contributed by atoms with van der Waals surface area (Å²) in [7, 11) is 3.47. The summed E-state index contributed by atoms with van der Waals surface area (Å²) in [6.07, 6.45) is 2.02. The van der Waals surface area contributed by atoms with E-state index in [-0.39, 0.29) is 11.6 Å². The zero-order valence-electron chi connectivity index (χ0n) is 14.0. The van der Waals surface area contributed by atoms with Crippen molar-refractivity contribution in [2.75, 3.05) is 5.32 Å². The molecule has 2 aromatic heterocycles. The van der Waals surface area contributed by atoms with Gasteiger partial charge in [-0.05, 0) is 38.0 Å². The number of benzene rings is 1. The van der Waals surface area contributed by atoms with Gasteiger partial charge in [-0.1, -0.05) is 0 Å². The van der Waals surface area contributed by atoms with Crippen molar-refractivity contribution in [2.45, 2.75) is 26.2 Å². The minimum absolute atomic E-state index is 0.0257. The molecule has 0 aliphatic heterocycles. The lowest BCUT2D eigenvalue weighted by molar-refractivity contribution is -0.116. The molecule has 1 amide bonds. The van der Waals surface area contributed by atoms with Crippen molar-refractivity contribution in [3.05, 3.63) is 44.8 Å². The first kappa shape index (κ1) is 16.4. The van der Waals surface area contributed by atoms with Gasteiger partial charge in [0.25, 0.3) is 0 Å². The first-order chi connectivity index (χ1) is 11.5. The van der Waals surface area contributed by atoms with Crippen LogP contribution < -0.4 is 11.0 Å². The van der Waals surface area contributed by atoms with Crippen LogP contribution in [0.1, 0.15) is 23.5 Å². The number of anilines is 1. The Kier molecular flexibility index (Phi) is 4.53. The lowest BCUT2D eigenvalue weighted by atomic mass is 10.2. The number of imidazole rings is 1. The molecule has 6 nitrogen and oxygen atoms in total. The molecule has 0 saturated carbocycles. The SMILES string of the molecule is Cc1nc(CCCC(=O)Nc2ccc3c(c2)n(C)c(=O)n3C)cs1. The summed E-state index contributed by atoms with van der Waals surface area (Å²) in [6.45, 7) is 1.98. The van der Waals surface area contributed by atoms with E-state index in [2.05, 4.69) is 10.3 Å². The summed E-state index contributed by atoms with van der Waals surface area (Å²) in [5, 5.41) is 5.99. The molecule has 7 heteroatoms. The first-order valence-corrected chi connectivity index (χ1v) is 8.70. The number of nitrogens with zero attached hydrogens (tertiary/aromatic N) is 3. The van der Waals surface area contributed by atoms with Crippen LogP contribution in [0.15, 0.2) is 28.4 Å². The largest absolute Gasteiger partial charge is 0.328 e. The normalized spacial score (nSPS) is 11.1. The molecule has 0 fully saturated rings. The third-order valence-corrected chi connectivity index (χ3v) is 4.88. The van der Waals surface area contributed by atoms with Gasteiger partial charge in [-0.15, -0.1) is 11.3 Å². The molecule has 0 atom stereocenters. The Morgan fingerprint density at radius 3 is 2.71 bits per heavy atom. The molecule has 0 unspecified atom stereocenters. The average molecular weight is 344 g/mol. The Bertz CT molecular complexity index is 951. The van der Waals surface area contributed by atoms with Gasteiger partial charge in [0.05, 0.1) is 21.7 Å². The van der Waals surface area contributed by atoms with Gasteiger partial charge in [0.15, 0.2) is 0 Å². The van der Waals surface area contributed by atoms with E-state index in [0.29, 0.717) is 12.1 Å². The molecule has 0 aliphatic carbocycles. The number of fused-ring (bicyclic) bond motifs is 1. The van der Waals surface area contributed by atoms with Crippen molar-refractivity contribution in [2.24, 2.45) is 14.1 Å². The number of hydrogen-bond acceptors (Lipinski definition) is 4. The summed E-state index contributed by atoms with van der Waals surface area (Å²) in [6, 6.07) is 5.51. The molecule has 24 heavy (non-hydrogen) atoms. The number of carbonyl (C=O) groups excluding carboxylic acids is 1. The molecular weight excluding hydrogens is 324 g/mol. The summed E-state index contributed by atoms with van der Waals surface area (Å²) >= 11 is 1.63. The maximum absolute atomic E-state index is 12.1. The van der Waals surface area contributed by atoms with Crippen molar-refractivity contribution < 1.29 is 4.79 Å². The van der Waals surface area contributed by atoms with Crippen LogP contribution in [0.5, 0.6) is 0 Å². The number of aromatic nitrogens is 3. The van der Waals surface area contributed by atoms with E-state index in [1.807, 2.05) is 30.5 Å². The number of nitrogens with one attached hydrogen (secondary N) is 1. The second-order valence-corrected chi connectivity index (χ2v) is 6.93. The quantitative estimate of drug-likeness (QED) is 0.773. The molecule has 1 N–H and O–H groups in total. The second-order valence-electron chi connectivity index (χ2n) is 5.86. The van der Waals surface area contributed by atoms with Crippen LogP contribution in [0.25, 0.3) is 11.0 Å². The summed E-state index contributed by atoms with van der Waals surface area (Å²) < 4.78 is 3.17. The fourth-order valence-electron chi connectivity index (χ4n) is 2.76. The highest BCUT2D eigenvalue weighted by atomic mass is 32.1. The van der Waals surface area contributed by atoms with Crippen LogP contribution in [0.4, 0.5) is 5.69 Å². The Morgan fingerprint density at radius 1 is 1.25 bits per heavy atom. The fourth-order valence-corrected chi connectivity index (χ4v) is 3.41. The van der Waals surface area contributed by atoms with Gasteiger partial charge in [0.1, 0.15) is 0 Å². The topological polar surface area (TPSA) is 68.9 Å². The third-order valence-electron chi connectivity index (χ3n) is 4.06. The van der Waals surface area contributed by atoms with E-state index in [1.54, 1.807) is 34.6 Å². The Labute approximate surface area is 143 Å². The molecule has 0 saturated heterocycles. The van der Waals surface area contributed by atoms with Gasteiger partial charge in [0, 0.05) is 31.6 Å². The van der Waals surface area contributed by atoms with Crippen molar-refractivity contribution in [3.8, 4) is 0 Å². The number of thiazole rings is 1. The molecular formula is C17H20N4O2S. The van der Waals surface area contributed by atoms with Crippen LogP contribution in [-0.4, -0.2) is 20.0 Å². The molecule has 3 aromatic rings. The number of rotatable bonds is 5. The number of aryl methyl sites for hydroxylation is 4. The van der Waals surface area contributed by atoms with Crippen molar-refractivity contribution in [1.29, 1.82) is 0 Å². The second kappa shape index (κ2) is 6.60. The Morgan fingerprint density at radius 2 is 2.00 bits per heavy atom. The minimum Gasteiger partial charge on any atom is -0.326 e.